The minimum absolute atomic E-state index is 0.194. The Hall–Kier alpha value is -1.96. The molecule has 0 unspecified atom stereocenters. The third-order valence-corrected chi connectivity index (χ3v) is 2.58. The van der Waals surface area contributed by atoms with Gasteiger partial charge >= 0.3 is 5.97 Å². The molecule has 0 atom stereocenters. The van der Waals surface area contributed by atoms with Crippen LogP contribution in [0.1, 0.15) is 12.8 Å². The molecule has 2 N–H and O–H groups in total. The summed E-state index contributed by atoms with van der Waals surface area (Å²) in [4.78, 5) is 36.9. The molecule has 2 amide bonds. The number of nitrogens with zero attached hydrogens (tertiary/aromatic N) is 3. The van der Waals surface area contributed by atoms with Crippen LogP contribution in [0, 0.1) is 0 Å². The molecule has 1 heterocycles. The number of amides is 2. The molecular weight excluding hydrogens is 252 g/mol. The van der Waals surface area contributed by atoms with Gasteiger partial charge in [-0.15, -0.1) is 0 Å². The predicted molar refractivity (Wildman–Crippen MR) is 67.6 cm³/mol. The number of rotatable bonds is 6. The lowest BCUT2D eigenvalue weighted by Gasteiger charge is -2.24. The van der Waals surface area contributed by atoms with Crippen molar-refractivity contribution in [1.29, 1.82) is 0 Å². The Labute approximate surface area is 111 Å². The van der Waals surface area contributed by atoms with E-state index in [2.05, 4.69) is 10.5 Å². The molecule has 0 bridgehead atoms. The molecule has 0 radical (unpaired) electrons. The highest BCUT2D eigenvalue weighted by Gasteiger charge is 2.24. The largest absolute Gasteiger partial charge is 0.480 e. The molecule has 1 aliphatic rings. The lowest BCUT2D eigenvalue weighted by atomic mass is 10.1. The zero-order chi connectivity index (χ0) is 14.4. The van der Waals surface area contributed by atoms with Crippen molar-refractivity contribution < 1.29 is 19.5 Å². The van der Waals surface area contributed by atoms with Gasteiger partial charge < -0.3 is 14.9 Å². The van der Waals surface area contributed by atoms with E-state index in [1.807, 2.05) is 19.0 Å². The average Bonchev–Trinajstić information content (AvgIpc) is 2.34. The van der Waals surface area contributed by atoms with Gasteiger partial charge in [0.05, 0.1) is 0 Å². The Kier molecular flexibility index (Phi) is 5.43. The van der Waals surface area contributed by atoms with E-state index < -0.39 is 11.9 Å². The van der Waals surface area contributed by atoms with Crippen molar-refractivity contribution in [2.75, 3.05) is 33.7 Å². The maximum atomic E-state index is 12.1. The van der Waals surface area contributed by atoms with Crippen LogP contribution in [0.4, 0.5) is 0 Å². The molecule has 0 aliphatic carbocycles. The fraction of sp³-hybridized carbons (Fsp3) is 0.636. The first-order chi connectivity index (χ1) is 8.90. The molecule has 0 aromatic heterocycles. The lowest BCUT2D eigenvalue weighted by Crippen LogP contribution is -2.45. The van der Waals surface area contributed by atoms with E-state index >= 15 is 0 Å². The minimum atomic E-state index is -1.08. The zero-order valence-electron chi connectivity index (χ0n) is 11.0. The van der Waals surface area contributed by atoms with Crippen molar-refractivity contribution in [3.05, 3.63) is 0 Å². The van der Waals surface area contributed by atoms with Crippen LogP contribution in [-0.4, -0.2) is 72.1 Å². The van der Waals surface area contributed by atoms with E-state index in [4.69, 9.17) is 5.11 Å². The Bertz CT molecular complexity index is 405. The van der Waals surface area contributed by atoms with E-state index in [9.17, 15) is 14.4 Å². The maximum absolute atomic E-state index is 12.1. The number of hydrazone groups is 1. The van der Waals surface area contributed by atoms with E-state index in [1.54, 1.807) is 0 Å². The summed E-state index contributed by atoms with van der Waals surface area (Å²) >= 11 is 0. The third kappa shape index (κ3) is 5.04. The van der Waals surface area contributed by atoms with Crippen LogP contribution in [0.15, 0.2) is 5.10 Å². The van der Waals surface area contributed by atoms with Crippen molar-refractivity contribution in [1.82, 2.24) is 15.2 Å². The normalized spacial score (nSPS) is 14.9. The Morgan fingerprint density at radius 1 is 1.32 bits per heavy atom. The number of hydrogen-bond donors (Lipinski definition) is 2. The number of carbonyl (C=O) groups is 3. The molecule has 19 heavy (non-hydrogen) atoms. The fourth-order valence-corrected chi connectivity index (χ4v) is 1.55. The van der Waals surface area contributed by atoms with Crippen LogP contribution in [0.25, 0.3) is 0 Å². The predicted octanol–water partition coefficient (Wildman–Crippen LogP) is -1.27. The number of carboxylic acids is 1. The first-order valence-electron chi connectivity index (χ1n) is 5.91. The SMILES string of the molecule is CN(C)CCN(CC(=O)O)C(=O)C1=NNC(=O)CC1. The van der Waals surface area contributed by atoms with Crippen LogP contribution in [0.2, 0.25) is 0 Å². The van der Waals surface area contributed by atoms with E-state index in [0.29, 0.717) is 13.1 Å². The molecule has 0 fully saturated rings. The molecule has 8 nitrogen and oxygen atoms in total. The van der Waals surface area contributed by atoms with Crippen molar-refractivity contribution in [3.63, 3.8) is 0 Å². The highest BCUT2D eigenvalue weighted by molar-refractivity contribution is 6.39. The number of aliphatic carboxylic acids is 1. The fourth-order valence-electron chi connectivity index (χ4n) is 1.55. The lowest BCUT2D eigenvalue weighted by molar-refractivity contribution is -0.142. The second-order valence-corrected chi connectivity index (χ2v) is 4.52. The second kappa shape index (κ2) is 6.83. The van der Waals surface area contributed by atoms with Gasteiger partial charge in [0, 0.05) is 25.9 Å². The molecule has 1 rings (SSSR count). The standard InChI is InChI=1S/C11H18N4O4/c1-14(2)5-6-15(7-10(17)18)11(19)8-3-4-9(16)13-12-8/h3-7H2,1-2H3,(H,13,16)(H,17,18). The first kappa shape index (κ1) is 15.1. The van der Waals surface area contributed by atoms with E-state index in [1.165, 1.54) is 4.90 Å². The van der Waals surface area contributed by atoms with Gasteiger partial charge in [-0.1, -0.05) is 0 Å². The molecular formula is C11H18N4O4. The molecule has 0 spiro atoms. The average molecular weight is 270 g/mol. The summed E-state index contributed by atoms with van der Waals surface area (Å²) in [5.41, 5.74) is 2.42. The molecule has 0 saturated heterocycles. The van der Waals surface area contributed by atoms with Gasteiger partial charge in [-0.05, 0) is 14.1 Å². The summed E-state index contributed by atoms with van der Waals surface area (Å²) < 4.78 is 0. The van der Waals surface area contributed by atoms with Crippen molar-refractivity contribution in [2.45, 2.75) is 12.8 Å². The Morgan fingerprint density at radius 2 is 2.00 bits per heavy atom. The zero-order valence-corrected chi connectivity index (χ0v) is 11.0. The van der Waals surface area contributed by atoms with Gasteiger partial charge in [0.15, 0.2) is 0 Å². The maximum Gasteiger partial charge on any atom is 0.323 e. The second-order valence-electron chi connectivity index (χ2n) is 4.52. The minimum Gasteiger partial charge on any atom is -0.480 e. The topological polar surface area (TPSA) is 102 Å². The summed E-state index contributed by atoms with van der Waals surface area (Å²) in [5, 5.41) is 12.5. The molecule has 8 heteroatoms. The number of carbonyl (C=O) groups excluding carboxylic acids is 2. The number of likely N-dealkylation sites (N-methyl/N-ethyl adjacent to an activating group) is 1. The smallest absolute Gasteiger partial charge is 0.323 e. The molecule has 106 valence electrons. The highest BCUT2D eigenvalue weighted by Crippen LogP contribution is 2.04. The van der Waals surface area contributed by atoms with Crippen LogP contribution in [-0.2, 0) is 14.4 Å². The van der Waals surface area contributed by atoms with Crippen molar-refractivity contribution >= 4 is 23.5 Å². The van der Waals surface area contributed by atoms with Gasteiger partial charge in [0.1, 0.15) is 12.3 Å². The van der Waals surface area contributed by atoms with E-state index in [0.717, 1.165) is 0 Å². The van der Waals surface area contributed by atoms with Gasteiger partial charge in [-0.25, -0.2) is 5.43 Å². The number of carboxylic acid groups (broad SMARTS) is 1. The van der Waals surface area contributed by atoms with Crippen LogP contribution >= 0.6 is 0 Å². The van der Waals surface area contributed by atoms with Gasteiger partial charge in [0.25, 0.3) is 5.91 Å². The molecule has 0 aromatic rings. The summed E-state index contributed by atoms with van der Waals surface area (Å²) in [5.74, 6) is -1.76. The molecule has 1 aliphatic heterocycles. The first-order valence-corrected chi connectivity index (χ1v) is 5.91. The van der Waals surface area contributed by atoms with Crippen LogP contribution < -0.4 is 5.43 Å². The number of nitrogens with one attached hydrogen (secondary N) is 1. The van der Waals surface area contributed by atoms with Crippen LogP contribution in [0.3, 0.4) is 0 Å². The summed E-state index contributed by atoms with van der Waals surface area (Å²) in [7, 11) is 3.67. The van der Waals surface area contributed by atoms with E-state index in [-0.39, 0.29) is 31.0 Å². The number of hydrogen-bond acceptors (Lipinski definition) is 5. The Morgan fingerprint density at radius 3 is 2.47 bits per heavy atom. The molecule has 0 saturated carbocycles. The van der Waals surface area contributed by atoms with Gasteiger partial charge in [-0.3, -0.25) is 14.4 Å². The molecule has 0 aromatic carbocycles. The third-order valence-electron chi connectivity index (χ3n) is 2.58. The summed E-state index contributed by atoms with van der Waals surface area (Å²) in [6.07, 6.45) is 0.432. The quantitative estimate of drug-likeness (QED) is 0.626. The summed E-state index contributed by atoms with van der Waals surface area (Å²) in [6.45, 7) is 0.476. The highest BCUT2D eigenvalue weighted by atomic mass is 16.4. The Balaban J connectivity index is 2.70. The van der Waals surface area contributed by atoms with Crippen molar-refractivity contribution in [3.8, 4) is 0 Å². The van der Waals surface area contributed by atoms with Gasteiger partial charge in [0.2, 0.25) is 5.91 Å². The van der Waals surface area contributed by atoms with Crippen LogP contribution in [0.5, 0.6) is 0 Å². The summed E-state index contributed by atoms with van der Waals surface area (Å²) in [6, 6.07) is 0. The van der Waals surface area contributed by atoms with Crippen molar-refractivity contribution in [2.24, 2.45) is 5.10 Å². The monoisotopic (exact) mass is 270 g/mol. The van der Waals surface area contributed by atoms with Gasteiger partial charge in [-0.2, -0.15) is 5.10 Å².